The van der Waals surface area contributed by atoms with Crippen LogP contribution in [0.1, 0.15) is 72.8 Å². The summed E-state index contributed by atoms with van der Waals surface area (Å²) in [6.45, 7) is 10.8. The Hall–Kier alpha value is -2.82. The van der Waals surface area contributed by atoms with Crippen LogP contribution in [0, 0.1) is 6.92 Å². The van der Waals surface area contributed by atoms with Crippen molar-refractivity contribution < 1.29 is 19.1 Å². The van der Waals surface area contributed by atoms with Gasteiger partial charge in [-0.3, -0.25) is 4.90 Å². The number of aryl methyl sites for hydroxylation is 1. The largest absolute Gasteiger partial charge is 0.465 e. The summed E-state index contributed by atoms with van der Waals surface area (Å²) in [5.41, 5.74) is 3.98. The Morgan fingerprint density at radius 2 is 1.67 bits per heavy atom. The highest BCUT2D eigenvalue weighted by Crippen LogP contribution is 2.37. The van der Waals surface area contributed by atoms with Crippen LogP contribution in [0.3, 0.4) is 0 Å². The van der Waals surface area contributed by atoms with Crippen LogP contribution in [0.5, 0.6) is 0 Å². The van der Waals surface area contributed by atoms with Crippen LogP contribution in [0.25, 0.3) is 0 Å². The van der Waals surface area contributed by atoms with Crippen molar-refractivity contribution in [2.75, 3.05) is 20.8 Å². The minimum absolute atomic E-state index is 0.139. The smallest absolute Gasteiger partial charge is 0.410 e. The topological polar surface area (TPSA) is 55.8 Å². The third-order valence-electron chi connectivity index (χ3n) is 5.23. The van der Waals surface area contributed by atoms with Crippen molar-refractivity contribution in [3.63, 3.8) is 0 Å². The SMILES string of the molecule is CCCN(C(=O)OC)C(c1ccccc1)c1c(C)cc(C(C)(C)C)cc1C(=O)OC. The van der Waals surface area contributed by atoms with Crippen molar-refractivity contribution in [3.05, 3.63) is 70.3 Å². The molecular formula is C25H33NO4. The maximum Gasteiger partial charge on any atom is 0.410 e. The van der Waals surface area contributed by atoms with Gasteiger partial charge in [0.25, 0.3) is 0 Å². The van der Waals surface area contributed by atoms with Gasteiger partial charge in [-0.1, -0.05) is 64.1 Å². The van der Waals surface area contributed by atoms with E-state index in [2.05, 4.69) is 26.8 Å². The average Bonchev–Trinajstić information content (AvgIpc) is 2.72. The van der Waals surface area contributed by atoms with E-state index in [0.717, 1.165) is 28.7 Å². The predicted molar refractivity (Wildman–Crippen MR) is 119 cm³/mol. The highest BCUT2D eigenvalue weighted by molar-refractivity contribution is 5.92. The lowest BCUT2D eigenvalue weighted by Crippen LogP contribution is -2.37. The Balaban J connectivity index is 2.86. The van der Waals surface area contributed by atoms with E-state index in [9.17, 15) is 9.59 Å². The average molecular weight is 412 g/mol. The first-order chi connectivity index (χ1) is 14.1. The molecule has 0 fully saturated rings. The minimum atomic E-state index is -0.471. The summed E-state index contributed by atoms with van der Waals surface area (Å²) < 4.78 is 10.2. The first-order valence-corrected chi connectivity index (χ1v) is 10.3. The van der Waals surface area contributed by atoms with E-state index in [1.165, 1.54) is 14.2 Å². The third kappa shape index (κ3) is 5.02. The second kappa shape index (κ2) is 9.79. The zero-order valence-electron chi connectivity index (χ0n) is 19.1. The molecule has 1 unspecified atom stereocenters. The maximum atomic E-state index is 12.9. The molecule has 0 radical (unpaired) electrons. The molecule has 0 heterocycles. The van der Waals surface area contributed by atoms with Gasteiger partial charge in [-0.2, -0.15) is 0 Å². The summed E-state index contributed by atoms with van der Waals surface area (Å²) in [5.74, 6) is -0.415. The predicted octanol–water partition coefficient (Wildman–Crippen LogP) is 5.65. The summed E-state index contributed by atoms with van der Waals surface area (Å²) in [6.07, 6.45) is 0.325. The molecule has 0 aliphatic heterocycles. The molecule has 5 nitrogen and oxygen atoms in total. The number of hydrogen-bond donors (Lipinski definition) is 0. The number of nitrogens with zero attached hydrogens (tertiary/aromatic N) is 1. The fraction of sp³-hybridized carbons (Fsp3) is 0.440. The van der Waals surface area contributed by atoms with Gasteiger partial charge in [0.15, 0.2) is 0 Å². The van der Waals surface area contributed by atoms with Crippen LogP contribution in [-0.4, -0.2) is 37.7 Å². The Morgan fingerprint density at radius 1 is 1.03 bits per heavy atom. The van der Waals surface area contributed by atoms with Gasteiger partial charge >= 0.3 is 12.1 Å². The highest BCUT2D eigenvalue weighted by Gasteiger charge is 2.33. The molecule has 1 amide bonds. The summed E-state index contributed by atoms with van der Waals surface area (Å²) >= 11 is 0. The quantitative estimate of drug-likeness (QED) is 0.577. The summed E-state index contributed by atoms with van der Waals surface area (Å²) in [4.78, 5) is 27.3. The highest BCUT2D eigenvalue weighted by atomic mass is 16.5. The fourth-order valence-corrected chi connectivity index (χ4v) is 3.69. The van der Waals surface area contributed by atoms with Crippen molar-refractivity contribution in [1.82, 2.24) is 4.90 Å². The molecule has 0 saturated heterocycles. The van der Waals surface area contributed by atoms with Crippen LogP contribution in [0.15, 0.2) is 42.5 Å². The van der Waals surface area contributed by atoms with Crippen molar-refractivity contribution in [3.8, 4) is 0 Å². The molecule has 0 aliphatic carbocycles. The van der Waals surface area contributed by atoms with E-state index < -0.39 is 18.1 Å². The van der Waals surface area contributed by atoms with E-state index in [0.29, 0.717) is 12.1 Å². The molecule has 5 heteroatoms. The molecule has 0 saturated carbocycles. The number of benzene rings is 2. The van der Waals surface area contributed by atoms with Crippen molar-refractivity contribution in [2.45, 2.75) is 52.5 Å². The molecule has 0 N–H and O–H groups in total. The summed E-state index contributed by atoms with van der Waals surface area (Å²) in [7, 11) is 2.76. The number of methoxy groups -OCH3 is 2. The number of rotatable bonds is 6. The van der Waals surface area contributed by atoms with Gasteiger partial charge < -0.3 is 9.47 Å². The van der Waals surface area contributed by atoms with E-state index in [4.69, 9.17) is 9.47 Å². The van der Waals surface area contributed by atoms with Gasteiger partial charge in [-0.05, 0) is 47.1 Å². The second-order valence-electron chi connectivity index (χ2n) is 8.47. The Bertz CT molecular complexity index is 884. The molecule has 0 aromatic heterocycles. The lowest BCUT2D eigenvalue weighted by molar-refractivity contribution is 0.0595. The Labute approximate surface area is 180 Å². The first kappa shape index (κ1) is 23.5. The lowest BCUT2D eigenvalue weighted by atomic mass is 9.81. The summed E-state index contributed by atoms with van der Waals surface area (Å²) in [6, 6.07) is 13.2. The molecule has 2 aromatic rings. The molecule has 162 valence electrons. The molecule has 0 spiro atoms. The van der Waals surface area contributed by atoms with Crippen LogP contribution in [0.2, 0.25) is 0 Å². The van der Waals surface area contributed by atoms with Crippen LogP contribution >= 0.6 is 0 Å². The van der Waals surface area contributed by atoms with Gasteiger partial charge in [0, 0.05) is 6.54 Å². The Kier molecular flexibility index (Phi) is 7.65. The van der Waals surface area contributed by atoms with Gasteiger partial charge in [0.1, 0.15) is 0 Å². The zero-order valence-corrected chi connectivity index (χ0v) is 19.1. The second-order valence-corrected chi connectivity index (χ2v) is 8.47. The monoisotopic (exact) mass is 411 g/mol. The molecule has 1 atom stereocenters. The van der Waals surface area contributed by atoms with E-state index in [1.54, 1.807) is 4.90 Å². The zero-order chi connectivity index (χ0) is 22.5. The lowest BCUT2D eigenvalue weighted by Gasteiger charge is -2.34. The van der Waals surface area contributed by atoms with Crippen LogP contribution < -0.4 is 0 Å². The van der Waals surface area contributed by atoms with E-state index >= 15 is 0 Å². The van der Waals surface area contributed by atoms with Crippen molar-refractivity contribution >= 4 is 12.1 Å². The molecule has 2 rings (SSSR count). The van der Waals surface area contributed by atoms with Gasteiger partial charge in [-0.25, -0.2) is 9.59 Å². The van der Waals surface area contributed by atoms with Gasteiger partial charge in [0.2, 0.25) is 0 Å². The molecule has 0 aliphatic rings. The standard InChI is InChI=1S/C25H33NO4/c1-8-14-26(24(28)30-7)22(18-12-10-9-11-13-18)21-17(2)15-19(25(3,4)5)16-20(21)23(27)29-6/h9-13,15-16,22H,8,14H2,1-7H3. The van der Waals surface area contributed by atoms with Crippen molar-refractivity contribution in [1.29, 1.82) is 0 Å². The number of amides is 1. The van der Waals surface area contributed by atoms with Crippen LogP contribution in [-0.2, 0) is 14.9 Å². The fourth-order valence-electron chi connectivity index (χ4n) is 3.69. The van der Waals surface area contributed by atoms with Gasteiger partial charge in [-0.15, -0.1) is 0 Å². The number of hydrogen-bond acceptors (Lipinski definition) is 4. The number of carbonyl (C=O) groups excluding carboxylic acids is 2. The molecule has 30 heavy (non-hydrogen) atoms. The normalized spacial score (nSPS) is 12.2. The minimum Gasteiger partial charge on any atom is -0.465 e. The van der Waals surface area contributed by atoms with Crippen LogP contribution in [0.4, 0.5) is 4.79 Å². The molecule has 2 aromatic carbocycles. The number of carbonyl (C=O) groups is 2. The van der Waals surface area contributed by atoms with E-state index in [1.807, 2.05) is 50.2 Å². The summed E-state index contributed by atoms with van der Waals surface area (Å²) in [5, 5.41) is 0. The van der Waals surface area contributed by atoms with Gasteiger partial charge in [0.05, 0.1) is 25.8 Å². The van der Waals surface area contributed by atoms with E-state index in [-0.39, 0.29) is 5.41 Å². The third-order valence-corrected chi connectivity index (χ3v) is 5.23. The number of ether oxygens (including phenoxy) is 2. The maximum absolute atomic E-state index is 12.9. The Morgan fingerprint density at radius 3 is 2.17 bits per heavy atom. The number of esters is 1. The molecule has 0 bridgehead atoms. The molecular weight excluding hydrogens is 378 g/mol. The first-order valence-electron chi connectivity index (χ1n) is 10.3. The van der Waals surface area contributed by atoms with Crippen molar-refractivity contribution in [2.24, 2.45) is 0 Å².